The highest BCUT2D eigenvalue weighted by Gasteiger charge is 2.40. The molecule has 2 aliphatic heterocycles. The summed E-state index contributed by atoms with van der Waals surface area (Å²) in [5.74, 6) is 3.53. The third-order valence-corrected chi connectivity index (χ3v) is 10.5. The molecule has 0 saturated carbocycles. The van der Waals surface area contributed by atoms with E-state index >= 15 is 0 Å². The number of para-hydroxylation sites is 2. The molecule has 0 spiro atoms. The van der Waals surface area contributed by atoms with Crippen LogP contribution in [0.3, 0.4) is 0 Å². The zero-order chi connectivity index (χ0) is 30.9. The maximum absolute atomic E-state index is 6.67. The van der Waals surface area contributed by atoms with Gasteiger partial charge in [0.2, 0.25) is 0 Å². The minimum atomic E-state index is 0.00851. The molecular formula is C42H26BNO2S. The molecule has 0 bridgehead atoms. The summed E-state index contributed by atoms with van der Waals surface area (Å²) in [5.41, 5.74) is 9.20. The standard InChI is InChI=1S/C42H26BNO2S/c1-4-11-27(12-5-1)28-19-22-36-34(23-28)43-35-26-41-33(25-39(35)46-38-18-10-17-37(45-36)42(38)43)32-21-20-31(24-40(32)47-41)44(29-13-6-2-7-14-29)30-15-8-3-9-16-30/h1-26H. The molecule has 0 fully saturated rings. The second-order valence-electron chi connectivity index (χ2n) is 12.1. The van der Waals surface area contributed by atoms with Gasteiger partial charge in [0.05, 0.1) is 0 Å². The van der Waals surface area contributed by atoms with Gasteiger partial charge >= 0.3 is 0 Å². The Kier molecular flexibility index (Phi) is 5.84. The van der Waals surface area contributed by atoms with Crippen LogP contribution in [0.15, 0.2) is 158 Å². The first-order chi connectivity index (χ1) is 23.3. The van der Waals surface area contributed by atoms with Crippen molar-refractivity contribution in [3.05, 3.63) is 158 Å². The third kappa shape index (κ3) is 4.21. The Balaban J connectivity index is 1.14. The topological polar surface area (TPSA) is 21.7 Å². The van der Waals surface area contributed by atoms with Crippen molar-refractivity contribution in [1.29, 1.82) is 0 Å². The molecule has 5 heteroatoms. The first-order valence-corrected chi connectivity index (χ1v) is 16.7. The largest absolute Gasteiger partial charge is 0.458 e. The van der Waals surface area contributed by atoms with Crippen LogP contribution >= 0.6 is 11.3 Å². The lowest BCUT2D eigenvalue weighted by Crippen LogP contribution is -2.57. The summed E-state index contributed by atoms with van der Waals surface area (Å²) < 4.78 is 15.7. The van der Waals surface area contributed by atoms with Crippen LogP contribution in [0.1, 0.15) is 0 Å². The van der Waals surface area contributed by atoms with Crippen molar-refractivity contribution >= 4 is 71.7 Å². The van der Waals surface area contributed by atoms with Gasteiger partial charge in [-0.05, 0) is 88.8 Å². The smallest absolute Gasteiger partial charge is 0.260 e. The molecule has 0 N–H and O–H groups in total. The fourth-order valence-corrected chi connectivity index (χ4v) is 8.41. The van der Waals surface area contributed by atoms with Crippen LogP contribution in [0.25, 0.3) is 31.3 Å². The molecule has 0 aliphatic carbocycles. The number of hydrogen-bond donors (Lipinski definition) is 0. The average Bonchev–Trinajstić information content (AvgIpc) is 3.48. The van der Waals surface area contributed by atoms with Crippen LogP contribution in [0, 0.1) is 0 Å². The van der Waals surface area contributed by atoms with E-state index in [0.717, 1.165) is 45.5 Å². The molecule has 0 saturated heterocycles. The Morgan fingerprint density at radius 2 is 1.06 bits per heavy atom. The maximum Gasteiger partial charge on any atom is 0.260 e. The summed E-state index contributed by atoms with van der Waals surface area (Å²) in [6.07, 6.45) is 0. The zero-order valence-electron chi connectivity index (χ0n) is 25.3. The van der Waals surface area contributed by atoms with E-state index in [9.17, 15) is 0 Å². The molecular weight excluding hydrogens is 593 g/mol. The van der Waals surface area contributed by atoms with Gasteiger partial charge in [-0.15, -0.1) is 11.3 Å². The summed E-state index contributed by atoms with van der Waals surface area (Å²) >= 11 is 1.84. The lowest BCUT2D eigenvalue weighted by atomic mass is 9.34. The second-order valence-corrected chi connectivity index (χ2v) is 13.2. The molecule has 3 heterocycles. The van der Waals surface area contributed by atoms with Crippen molar-refractivity contribution in [3.63, 3.8) is 0 Å². The summed E-state index contributed by atoms with van der Waals surface area (Å²) in [4.78, 5) is 2.32. The van der Waals surface area contributed by atoms with E-state index in [0.29, 0.717) is 0 Å². The minimum Gasteiger partial charge on any atom is -0.458 e. The minimum absolute atomic E-state index is 0.00851. The van der Waals surface area contributed by atoms with Gasteiger partial charge in [0.15, 0.2) is 0 Å². The highest BCUT2D eigenvalue weighted by Crippen LogP contribution is 2.43. The van der Waals surface area contributed by atoms with E-state index in [4.69, 9.17) is 9.47 Å². The van der Waals surface area contributed by atoms with Gasteiger partial charge in [-0.3, -0.25) is 0 Å². The predicted molar refractivity (Wildman–Crippen MR) is 197 cm³/mol. The van der Waals surface area contributed by atoms with Gasteiger partial charge in [0.25, 0.3) is 6.71 Å². The monoisotopic (exact) mass is 619 g/mol. The van der Waals surface area contributed by atoms with Crippen molar-refractivity contribution in [2.75, 3.05) is 4.90 Å². The van der Waals surface area contributed by atoms with E-state index in [1.54, 1.807) is 0 Å². The Labute approximate surface area is 277 Å². The van der Waals surface area contributed by atoms with Gasteiger partial charge in [-0.1, -0.05) is 91.0 Å². The first-order valence-electron chi connectivity index (χ1n) is 15.9. The summed E-state index contributed by atoms with van der Waals surface area (Å²) in [5, 5.41) is 2.45. The van der Waals surface area contributed by atoms with Crippen LogP contribution in [0.4, 0.5) is 17.1 Å². The predicted octanol–water partition coefficient (Wildman–Crippen LogP) is 9.92. The third-order valence-electron chi connectivity index (χ3n) is 9.37. The van der Waals surface area contributed by atoms with E-state index in [2.05, 4.69) is 157 Å². The average molecular weight is 620 g/mol. The molecule has 47 heavy (non-hydrogen) atoms. The normalized spacial score (nSPS) is 12.6. The number of fused-ring (bicyclic) bond motifs is 7. The van der Waals surface area contributed by atoms with Crippen LogP contribution in [-0.4, -0.2) is 6.71 Å². The Morgan fingerprint density at radius 1 is 0.426 bits per heavy atom. The molecule has 0 radical (unpaired) electrons. The van der Waals surface area contributed by atoms with Gasteiger partial charge < -0.3 is 14.4 Å². The lowest BCUT2D eigenvalue weighted by molar-refractivity contribution is 0.465. The fraction of sp³-hybridized carbons (Fsp3) is 0. The van der Waals surface area contributed by atoms with Crippen molar-refractivity contribution < 1.29 is 9.47 Å². The maximum atomic E-state index is 6.67. The van der Waals surface area contributed by atoms with Crippen LogP contribution in [0.2, 0.25) is 0 Å². The molecule has 3 nitrogen and oxygen atoms in total. The zero-order valence-corrected chi connectivity index (χ0v) is 26.1. The number of rotatable bonds is 4. The van der Waals surface area contributed by atoms with Gasteiger partial charge in [0, 0.05) is 42.7 Å². The van der Waals surface area contributed by atoms with Crippen LogP contribution in [-0.2, 0) is 0 Å². The molecule has 8 aromatic rings. The van der Waals surface area contributed by atoms with Gasteiger partial charge in [-0.2, -0.15) is 0 Å². The van der Waals surface area contributed by atoms with Crippen LogP contribution in [0.5, 0.6) is 23.0 Å². The Morgan fingerprint density at radius 3 is 1.79 bits per heavy atom. The molecule has 2 aliphatic rings. The fourth-order valence-electron chi connectivity index (χ4n) is 7.24. The van der Waals surface area contributed by atoms with E-state index < -0.39 is 0 Å². The quantitative estimate of drug-likeness (QED) is 0.183. The van der Waals surface area contributed by atoms with E-state index in [1.165, 1.54) is 42.2 Å². The highest BCUT2D eigenvalue weighted by atomic mass is 32.1. The van der Waals surface area contributed by atoms with Crippen molar-refractivity contribution in [1.82, 2.24) is 0 Å². The number of ether oxygens (including phenoxy) is 2. The second kappa shape index (κ2) is 10.4. The molecule has 0 amide bonds. The van der Waals surface area contributed by atoms with Gasteiger partial charge in [-0.25, -0.2) is 0 Å². The van der Waals surface area contributed by atoms with Crippen molar-refractivity contribution in [2.45, 2.75) is 0 Å². The van der Waals surface area contributed by atoms with Crippen LogP contribution < -0.4 is 30.8 Å². The van der Waals surface area contributed by atoms with E-state index in [1.807, 2.05) is 17.4 Å². The summed E-state index contributed by atoms with van der Waals surface area (Å²) in [6.45, 7) is 0.00851. The number of thiophene rings is 1. The number of nitrogens with zero attached hydrogens (tertiary/aromatic N) is 1. The summed E-state index contributed by atoms with van der Waals surface area (Å²) in [6, 6.07) is 55.8. The van der Waals surface area contributed by atoms with E-state index in [-0.39, 0.29) is 6.71 Å². The molecule has 10 rings (SSSR count). The lowest BCUT2D eigenvalue weighted by Gasteiger charge is -2.33. The Bertz CT molecular complexity index is 2440. The molecule has 7 aromatic carbocycles. The molecule has 220 valence electrons. The summed E-state index contributed by atoms with van der Waals surface area (Å²) in [7, 11) is 0. The number of hydrogen-bond acceptors (Lipinski definition) is 4. The van der Waals surface area contributed by atoms with Gasteiger partial charge in [0.1, 0.15) is 23.0 Å². The Hall–Kier alpha value is -5.78. The molecule has 1 aromatic heterocycles. The molecule has 0 atom stereocenters. The molecule has 0 unspecified atom stereocenters. The number of benzene rings is 7. The number of anilines is 3. The highest BCUT2D eigenvalue weighted by molar-refractivity contribution is 7.26. The van der Waals surface area contributed by atoms with Crippen molar-refractivity contribution in [3.8, 4) is 34.1 Å². The van der Waals surface area contributed by atoms with Crippen molar-refractivity contribution in [2.24, 2.45) is 0 Å². The first kappa shape index (κ1) is 26.4. The SMILES string of the molecule is c1ccc(-c2ccc3c(c2)B2c4cc5sc6cc(N(c7ccccc7)c7ccccc7)ccc6c5cc4Oc4cccc(c42)O3)cc1.